The second-order valence-electron chi connectivity index (χ2n) is 10.2. The van der Waals surface area contributed by atoms with Crippen molar-refractivity contribution in [1.29, 1.82) is 0 Å². The summed E-state index contributed by atoms with van der Waals surface area (Å²) < 4.78 is 3.92. The molecule has 0 unspecified atom stereocenters. The SMILES string of the molecule is CC(C)(C)N(NC(=O)C[CH2][Ge]([c]1ccccc1)([c]1ccccc1)[c]1ccccc1)C(=O)c1ccccc1. The Hall–Kier alpha value is -3.64. The van der Waals surface area contributed by atoms with Crippen LogP contribution in [-0.4, -0.2) is 35.6 Å². The number of carbonyl (C=O) groups is 2. The minimum absolute atomic E-state index is 0.156. The summed E-state index contributed by atoms with van der Waals surface area (Å²) in [6.45, 7) is 5.77. The van der Waals surface area contributed by atoms with Crippen molar-refractivity contribution in [3.63, 3.8) is 0 Å². The fourth-order valence-corrected chi connectivity index (χ4v) is 14.8. The van der Waals surface area contributed by atoms with Crippen LogP contribution in [-0.2, 0) is 4.79 Å². The number of nitrogens with zero attached hydrogens (tertiary/aromatic N) is 1. The van der Waals surface area contributed by atoms with Crippen LogP contribution in [0, 0.1) is 0 Å². The molecule has 0 atom stereocenters. The number of hydrogen-bond acceptors (Lipinski definition) is 2. The molecule has 4 nitrogen and oxygen atoms in total. The van der Waals surface area contributed by atoms with Gasteiger partial charge in [-0.2, -0.15) is 0 Å². The molecule has 1 N–H and O–H groups in total. The number of nitrogens with one attached hydrogen (secondary N) is 1. The van der Waals surface area contributed by atoms with E-state index in [0.29, 0.717) is 12.0 Å². The van der Waals surface area contributed by atoms with Gasteiger partial charge in [0.1, 0.15) is 0 Å². The Morgan fingerprint density at radius 2 is 1.03 bits per heavy atom. The molecule has 188 valence electrons. The summed E-state index contributed by atoms with van der Waals surface area (Å²) in [6, 6.07) is 40.9. The second kappa shape index (κ2) is 11.6. The van der Waals surface area contributed by atoms with Crippen molar-refractivity contribution < 1.29 is 9.59 Å². The number of benzene rings is 4. The van der Waals surface area contributed by atoms with E-state index in [9.17, 15) is 9.59 Å². The molecule has 0 aromatic heterocycles. The van der Waals surface area contributed by atoms with Gasteiger partial charge in [-0.3, -0.25) is 0 Å². The average molecular weight is 551 g/mol. The molecule has 0 bridgehead atoms. The third-order valence-electron chi connectivity index (χ3n) is 6.66. The monoisotopic (exact) mass is 552 g/mol. The maximum atomic E-state index is 13.5. The molecule has 0 radical (unpaired) electrons. The van der Waals surface area contributed by atoms with Crippen LogP contribution in [0.1, 0.15) is 37.6 Å². The van der Waals surface area contributed by atoms with Crippen LogP contribution >= 0.6 is 0 Å². The maximum absolute atomic E-state index is 13.5. The number of amides is 2. The summed E-state index contributed by atoms with van der Waals surface area (Å²) in [4.78, 5) is 26.8. The molecular weight excluding hydrogens is 517 g/mol. The first kappa shape index (κ1) is 26.4. The third kappa shape index (κ3) is 6.03. The summed E-state index contributed by atoms with van der Waals surface area (Å²) in [6.07, 6.45) is 0.313. The second-order valence-corrected chi connectivity index (χ2v) is 18.7. The Balaban J connectivity index is 1.68. The van der Waals surface area contributed by atoms with Gasteiger partial charge in [0, 0.05) is 0 Å². The van der Waals surface area contributed by atoms with Crippen molar-refractivity contribution >= 4 is 38.3 Å². The molecule has 0 aliphatic heterocycles. The predicted molar refractivity (Wildman–Crippen MR) is 154 cm³/mol. The Morgan fingerprint density at radius 1 is 0.649 bits per heavy atom. The van der Waals surface area contributed by atoms with Gasteiger partial charge in [0.05, 0.1) is 0 Å². The molecule has 2 amide bonds. The molecule has 0 aliphatic rings. The van der Waals surface area contributed by atoms with Crippen LogP contribution in [0.3, 0.4) is 0 Å². The third-order valence-corrected chi connectivity index (χ3v) is 17.1. The molecule has 0 spiro atoms. The van der Waals surface area contributed by atoms with E-state index in [4.69, 9.17) is 0 Å². The first-order valence-electron chi connectivity index (χ1n) is 12.7. The first-order valence-corrected chi connectivity index (χ1v) is 17.3. The summed E-state index contributed by atoms with van der Waals surface area (Å²) in [5.74, 6) is -0.375. The Morgan fingerprint density at radius 3 is 1.41 bits per heavy atom. The molecule has 0 aliphatic carbocycles. The number of hydrazine groups is 1. The van der Waals surface area contributed by atoms with Gasteiger partial charge < -0.3 is 0 Å². The molecule has 0 saturated carbocycles. The average Bonchev–Trinajstić information content (AvgIpc) is 2.93. The van der Waals surface area contributed by atoms with E-state index in [1.54, 1.807) is 12.1 Å². The molecule has 0 heterocycles. The zero-order valence-electron chi connectivity index (χ0n) is 21.7. The van der Waals surface area contributed by atoms with Crippen LogP contribution in [0.15, 0.2) is 121 Å². The number of rotatable bonds is 7. The van der Waals surface area contributed by atoms with E-state index in [-0.39, 0.29) is 11.8 Å². The number of hydrogen-bond donors (Lipinski definition) is 1. The van der Waals surface area contributed by atoms with Gasteiger partial charge in [0.25, 0.3) is 0 Å². The Labute approximate surface area is 222 Å². The Kier molecular flexibility index (Phi) is 8.29. The predicted octanol–water partition coefficient (Wildman–Crippen LogP) is 4.52. The van der Waals surface area contributed by atoms with E-state index in [1.165, 1.54) is 18.2 Å². The van der Waals surface area contributed by atoms with Gasteiger partial charge in [-0.15, -0.1) is 0 Å². The number of carbonyl (C=O) groups excluding carboxylic acids is 2. The van der Waals surface area contributed by atoms with Crippen molar-refractivity contribution in [2.45, 2.75) is 38.0 Å². The topological polar surface area (TPSA) is 49.4 Å². The van der Waals surface area contributed by atoms with E-state index < -0.39 is 18.8 Å². The van der Waals surface area contributed by atoms with Gasteiger partial charge in [-0.05, 0) is 0 Å². The fourth-order valence-electron chi connectivity index (χ4n) is 4.82. The van der Waals surface area contributed by atoms with E-state index >= 15 is 0 Å². The standard InChI is InChI=1S/C32H34GeN2O2/c1-32(2,3)35(31(37)26-16-8-4-9-17-26)34-30(36)24-25-33(27-18-10-5-11-19-27,28-20-12-6-13-21-28)29-22-14-7-15-23-29/h4-23H,24-25H2,1-3H3,(H,34,36). The zero-order valence-corrected chi connectivity index (χ0v) is 23.8. The van der Waals surface area contributed by atoms with Crippen molar-refractivity contribution in [2.24, 2.45) is 0 Å². The summed E-state index contributed by atoms with van der Waals surface area (Å²) >= 11 is -3.24. The van der Waals surface area contributed by atoms with Gasteiger partial charge in [-0.25, -0.2) is 0 Å². The normalized spacial score (nSPS) is 11.5. The van der Waals surface area contributed by atoms with E-state index in [1.807, 2.05) is 57.2 Å². The van der Waals surface area contributed by atoms with Gasteiger partial charge in [0.15, 0.2) is 0 Å². The molecule has 37 heavy (non-hydrogen) atoms. The van der Waals surface area contributed by atoms with E-state index in [0.717, 1.165) is 5.25 Å². The summed E-state index contributed by atoms with van der Waals surface area (Å²) in [5.41, 5.74) is 2.92. The van der Waals surface area contributed by atoms with E-state index in [2.05, 4.69) is 78.2 Å². The molecular formula is C32H34GeN2O2. The van der Waals surface area contributed by atoms with Crippen molar-refractivity contribution in [2.75, 3.05) is 0 Å². The van der Waals surface area contributed by atoms with Gasteiger partial charge in [-0.1, -0.05) is 0 Å². The van der Waals surface area contributed by atoms with Crippen LogP contribution in [0.25, 0.3) is 0 Å². The summed E-state index contributed by atoms with van der Waals surface area (Å²) in [5, 5.41) is 2.19. The van der Waals surface area contributed by atoms with Crippen LogP contribution in [0.2, 0.25) is 5.25 Å². The van der Waals surface area contributed by atoms with Crippen molar-refractivity contribution in [3.05, 3.63) is 127 Å². The summed E-state index contributed by atoms with van der Waals surface area (Å²) in [7, 11) is 0. The van der Waals surface area contributed by atoms with Gasteiger partial charge in [0.2, 0.25) is 0 Å². The van der Waals surface area contributed by atoms with Crippen LogP contribution < -0.4 is 18.6 Å². The Bertz CT molecular complexity index is 1210. The van der Waals surface area contributed by atoms with Crippen molar-refractivity contribution in [1.82, 2.24) is 10.4 Å². The zero-order chi connectivity index (χ0) is 26.3. The molecule has 0 saturated heterocycles. The molecule has 0 fully saturated rings. The van der Waals surface area contributed by atoms with Crippen molar-refractivity contribution in [3.8, 4) is 0 Å². The minimum atomic E-state index is -3.24. The molecule has 4 aromatic rings. The fraction of sp³-hybridized carbons (Fsp3) is 0.188. The molecule has 5 heteroatoms. The molecule has 4 rings (SSSR count). The van der Waals surface area contributed by atoms with Crippen LogP contribution in [0.5, 0.6) is 0 Å². The first-order chi connectivity index (χ1) is 17.8. The molecule has 4 aromatic carbocycles. The van der Waals surface area contributed by atoms with Gasteiger partial charge >= 0.3 is 223 Å². The quantitative estimate of drug-likeness (QED) is 0.272. The van der Waals surface area contributed by atoms with Crippen LogP contribution in [0.4, 0.5) is 0 Å².